The van der Waals surface area contributed by atoms with Gasteiger partial charge >= 0.3 is 0 Å². The summed E-state index contributed by atoms with van der Waals surface area (Å²) in [4.78, 5) is 5.19. The van der Waals surface area contributed by atoms with Crippen LogP contribution in [0.3, 0.4) is 0 Å². The van der Waals surface area contributed by atoms with E-state index in [9.17, 15) is 0 Å². The average Bonchev–Trinajstić information content (AvgIpc) is 2.39. The molecule has 0 aliphatic rings. The van der Waals surface area contributed by atoms with Crippen LogP contribution in [0.2, 0.25) is 0 Å². The minimum absolute atomic E-state index is 0.519. The number of rotatable bonds is 9. The van der Waals surface area contributed by atoms with Crippen molar-refractivity contribution in [3.05, 3.63) is 23.8 Å². The van der Waals surface area contributed by atoms with Crippen molar-refractivity contribution in [1.29, 1.82) is 0 Å². The van der Waals surface area contributed by atoms with Gasteiger partial charge in [-0.3, -0.25) is 4.84 Å². The molecule has 5 nitrogen and oxygen atoms in total. The highest BCUT2D eigenvalue weighted by Crippen LogP contribution is 2.27. The van der Waals surface area contributed by atoms with Crippen molar-refractivity contribution in [2.45, 2.75) is 13.5 Å². The fourth-order valence-electron chi connectivity index (χ4n) is 1.43. The molecule has 0 bridgehead atoms. The molecule has 0 saturated heterocycles. The molecule has 0 saturated carbocycles. The Kier molecular flexibility index (Phi) is 7.17. The zero-order valence-corrected chi connectivity index (χ0v) is 11.2. The van der Waals surface area contributed by atoms with E-state index >= 15 is 0 Å². The Bertz CT molecular complexity index is 344. The lowest BCUT2D eigenvalue weighted by molar-refractivity contribution is 0.00344. The molecule has 0 aromatic heterocycles. The van der Waals surface area contributed by atoms with Gasteiger partial charge in [-0.15, -0.1) is 0 Å². The zero-order valence-electron chi connectivity index (χ0n) is 11.2. The van der Waals surface area contributed by atoms with Gasteiger partial charge in [-0.25, -0.2) is 0 Å². The highest BCUT2D eigenvalue weighted by Gasteiger charge is 2.05. The van der Waals surface area contributed by atoms with Crippen molar-refractivity contribution < 1.29 is 19.0 Å². The number of hydrogen-bond donors (Lipinski definition) is 1. The van der Waals surface area contributed by atoms with E-state index < -0.39 is 0 Å². The first-order valence-corrected chi connectivity index (χ1v) is 5.95. The van der Waals surface area contributed by atoms with Crippen LogP contribution in [0, 0.1) is 0 Å². The van der Waals surface area contributed by atoms with E-state index in [0.717, 1.165) is 17.1 Å². The number of benzene rings is 1. The van der Waals surface area contributed by atoms with E-state index in [1.807, 2.05) is 25.1 Å². The number of hydrogen-bond acceptors (Lipinski definition) is 5. The van der Waals surface area contributed by atoms with Gasteiger partial charge in [0.15, 0.2) is 11.5 Å². The lowest BCUT2D eigenvalue weighted by Gasteiger charge is -2.11. The van der Waals surface area contributed by atoms with Crippen molar-refractivity contribution in [2.75, 3.05) is 34.0 Å². The summed E-state index contributed by atoms with van der Waals surface area (Å²) in [7, 11) is 3.27. The van der Waals surface area contributed by atoms with Gasteiger partial charge in [0.1, 0.15) is 0 Å². The van der Waals surface area contributed by atoms with Crippen LogP contribution < -0.4 is 15.0 Å². The van der Waals surface area contributed by atoms with E-state index in [-0.39, 0.29) is 0 Å². The smallest absolute Gasteiger partial charge is 0.161 e. The molecule has 0 fully saturated rings. The van der Waals surface area contributed by atoms with E-state index in [2.05, 4.69) is 5.48 Å². The largest absolute Gasteiger partial charge is 0.493 e. The van der Waals surface area contributed by atoms with Crippen molar-refractivity contribution >= 4 is 0 Å². The van der Waals surface area contributed by atoms with Crippen LogP contribution in [0.25, 0.3) is 0 Å². The molecule has 0 aliphatic heterocycles. The number of nitrogens with one attached hydrogen (secondary N) is 1. The fraction of sp³-hybridized carbons (Fsp3) is 0.538. The molecule has 1 N–H and O–H groups in total. The molecular weight excluding hydrogens is 234 g/mol. The maximum absolute atomic E-state index is 5.50. The van der Waals surface area contributed by atoms with Gasteiger partial charge in [-0.1, -0.05) is 6.07 Å². The second-order valence-electron chi connectivity index (χ2n) is 3.58. The average molecular weight is 255 g/mol. The molecule has 0 amide bonds. The molecule has 0 heterocycles. The lowest BCUT2D eigenvalue weighted by atomic mass is 10.2. The normalized spacial score (nSPS) is 10.4. The predicted octanol–water partition coefficient (Wildman–Crippen LogP) is 1.76. The second kappa shape index (κ2) is 8.74. The molecular formula is C13H21NO4. The SMILES string of the molecule is CCOc1cc(CNOCCOC)ccc1OC. The van der Waals surface area contributed by atoms with Crippen molar-refractivity contribution in [2.24, 2.45) is 0 Å². The van der Waals surface area contributed by atoms with Gasteiger partial charge in [0, 0.05) is 13.7 Å². The predicted molar refractivity (Wildman–Crippen MR) is 68.8 cm³/mol. The van der Waals surface area contributed by atoms with Gasteiger partial charge in [0.25, 0.3) is 0 Å². The Balaban J connectivity index is 2.48. The molecule has 0 atom stereocenters. The first kappa shape index (κ1) is 14.8. The van der Waals surface area contributed by atoms with Gasteiger partial charge in [0.2, 0.25) is 0 Å². The molecule has 0 spiro atoms. The summed E-state index contributed by atoms with van der Waals surface area (Å²) in [5.41, 5.74) is 3.93. The van der Waals surface area contributed by atoms with Gasteiger partial charge < -0.3 is 14.2 Å². The quantitative estimate of drug-likeness (QED) is 0.538. The van der Waals surface area contributed by atoms with Crippen molar-refractivity contribution in [3.8, 4) is 11.5 Å². The summed E-state index contributed by atoms with van der Waals surface area (Å²) >= 11 is 0. The molecule has 102 valence electrons. The van der Waals surface area contributed by atoms with Gasteiger partial charge in [-0.05, 0) is 24.6 Å². The van der Waals surface area contributed by atoms with Crippen LogP contribution in [0.1, 0.15) is 12.5 Å². The van der Waals surface area contributed by atoms with E-state index in [4.69, 9.17) is 19.0 Å². The summed E-state index contributed by atoms with van der Waals surface area (Å²) < 4.78 is 15.6. The van der Waals surface area contributed by atoms with Crippen LogP contribution in [0.15, 0.2) is 18.2 Å². The van der Waals surface area contributed by atoms with E-state index in [0.29, 0.717) is 26.4 Å². The highest BCUT2D eigenvalue weighted by molar-refractivity contribution is 5.42. The van der Waals surface area contributed by atoms with Crippen LogP contribution in [-0.2, 0) is 16.1 Å². The number of ether oxygens (including phenoxy) is 3. The minimum Gasteiger partial charge on any atom is -0.493 e. The summed E-state index contributed by atoms with van der Waals surface area (Å²) in [5, 5.41) is 0. The standard InChI is InChI=1S/C13H21NO4/c1-4-17-13-9-11(5-6-12(13)16-3)10-14-18-8-7-15-2/h5-6,9,14H,4,7-8,10H2,1-3H3. The lowest BCUT2D eigenvalue weighted by Crippen LogP contribution is -2.17. The third-order valence-electron chi connectivity index (χ3n) is 2.30. The summed E-state index contributed by atoms with van der Waals surface area (Å²) in [6.07, 6.45) is 0. The monoisotopic (exact) mass is 255 g/mol. The van der Waals surface area contributed by atoms with Crippen LogP contribution >= 0.6 is 0 Å². The molecule has 1 rings (SSSR count). The van der Waals surface area contributed by atoms with E-state index in [1.165, 1.54) is 0 Å². The first-order valence-electron chi connectivity index (χ1n) is 5.95. The highest BCUT2D eigenvalue weighted by atomic mass is 16.7. The van der Waals surface area contributed by atoms with Crippen LogP contribution in [0.5, 0.6) is 11.5 Å². The number of methoxy groups -OCH3 is 2. The maximum Gasteiger partial charge on any atom is 0.161 e. The summed E-state index contributed by atoms with van der Waals surface area (Å²) in [6, 6.07) is 5.79. The minimum atomic E-state index is 0.519. The topological polar surface area (TPSA) is 49.0 Å². The first-order chi connectivity index (χ1) is 8.81. The Labute approximate surface area is 108 Å². The molecule has 0 radical (unpaired) electrons. The Morgan fingerprint density at radius 2 is 1.94 bits per heavy atom. The zero-order chi connectivity index (χ0) is 13.2. The fourth-order valence-corrected chi connectivity index (χ4v) is 1.43. The Morgan fingerprint density at radius 1 is 1.11 bits per heavy atom. The molecule has 5 heteroatoms. The molecule has 0 aliphatic carbocycles. The van der Waals surface area contributed by atoms with E-state index in [1.54, 1.807) is 14.2 Å². The van der Waals surface area contributed by atoms with Gasteiger partial charge in [0.05, 0.1) is 26.9 Å². The molecule has 1 aromatic carbocycles. The molecule has 0 unspecified atom stereocenters. The Morgan fingerprint density at radius 3 is 2.61 bits per heavy atom. The summed E-state index contributed by atoms with van der Waals surface area (Å²) in [6.45, 7) is 4.24. The molecule has 1 aromatic rings. The van der Waals surface area contributed by atoms with Crippen LogP contribution in [0.4, 0.5) is 0 Å². The Hall–Kier alpha value is -1.30. The maximum atomic E-state index is 5.50. The number of hydroxylamine groups is 1. The van der Waals surface area contributed by atoms with Crippen molar-refractivity contribution in [3.63, 3.8) is 0 Å². The summed E-state index contributed by atoms with van der Waals surface area (Å²) in [5.74, 6) is 1.48. The molecule has 18 heavy (non-hydrogen) atoms. The van der Waals surface area contributed by atoms with Crippen molar-refractivity contribution in [1.82, 2.24) is 5.48 Å². The van der Waals surface area contributed by atoms with Gasteiger partial charge in [-0.2, -0.15) is 5.48 Å². The third-order valence-corrected chi connectivity index (χ3v) is 2.30. The third kappa shape index (κ3) is 4.91. The second-order valence-corrected chi connectivity index (χ2v) is 3.58. The van der Waals surface area contributed by atoms with Crippen LogP contribution in [-0.4, -0.2) is 34.0 Å².